The number of nitrogens with zero attached hydrogens (tertiary/aromatic N) is 3. The second-order valence-electron chi connectivity index (χ2n) is 16.4. The van der Waals surface area contributed by atoms with E-state index in [4.69, 9.17) is 0 Å². The van der Waals surface area contributed by atoms with Crippen LogP contribution in [0.25, 0.3) is 21.9 Å². The first-order valence-electron chi connectivity index (χ1n) is 19.7. The van der Waals surface area contributed by atoms with E-state index in [1.807, 2.05) is 0 Å². The predicted molar refractivity (Wildman–Crippen MR) is 238 cm³/mol. The highest BCUT2D eigenvalue weighted by Gasteiger charge is 2.46. The smallest absolute Gasteiger partial charge is 0.0545 e. The summed E-state index contributed by atoms with van der Waals surface area (Å²) in [6.45, 7) is 9.61. The Morgan fingerprint density at radius 2 is 0.911 bits per heavy atom. The van der Waals surface area contributed by atoms with Crippen LogP contribution in [0.1, 0.15) is 49.9 Å². The summed E-state index contributed by atoms with van der Waals surface area (Å²) in [5.41, 5.74) is 16.8. The number of anilines is 8. The Morgan fingerprint density at radius 1 is 0.375 bits per heavy atom. The molecule has 0 N–H and O–H groups in total. The molecule has 0 spiro atoms. The fraction of sp³-hybridized carbons (Fsp3) is 0.132. The van der Waals surface area contributed by atoms with Crippen molar-refractivity contribution in [3.8, 4) is 11.1 Å². The maximum absolute atomic E-state index is 2.55. The van der Waals surface area contributed by atoms with Gasteiger partial charge in [-0.2, -0.15) is 0 Å². The van der Waals surface area contributed by atoms with Crippen LogP contribution in [0.4, 0.5) is 45.5 Å². The predicted octanol–water partition coefficient (Wildman–Crippen LogP) is 14.5. The summed E-state index contributed by atoms with van der Waals surface area (Å²) in [5, 5.41) is 2.51. The fourth-order valence-corrected chi connectivity index (χ4v) is 9.22. The molecule has 2 aliphatic heterocycles. The van der Waals surface area contributed by atoms with Gasteiger partial charge in [-0.15, -0.1) is 0 Å². The summed E-state index contributed by atoms with van der Waals surface area (Å²) in [4.78, 5) is 7.23. The van der Waals surface area contributed by atoms with Crippen LogP contribution in [0.5, 0.6) is 0 Å². The number of benzene rings is 8. The van der Waals surface area contributed by atoms with Crippen molar-refractivity contribution in [2.75, 3.05) is 21.7 Å². The van der Waals surface area contributed by atoms with Gasteiger partial charge in [0, 0.05) is 46.3 Å². The van der Waals surface area contributed by atoms with Crippen LogP contribution < -0.4 is 14.7 Å². The molecule has 0 unspecified atom stereocenters. The van der Waals surface area contributed by atoms with Gasteiger partial charge in [0.1, 0.15) is 0 Å². The highest BCUT2D eigenvalue weighted by molar-refractivity contribution is 5.96. The first-order valence-corrected chi connectivity index (χ1v) is 19.7. The third kappa shape index (κ3) is 5.26. The average Bonchev–Trinajstić information content (AvgIpc) is 3.24. The van der Waals surface area contributed by atoms with Crippen molar-refractivity contribution in [3.63, 3.8) is 0 Å². The van der Waals surface area contributed by atoms with Gasteiger partial charge in [-0.05, 0) is 123 Å². The van der Waals surface area contributed by atoms with Crippen molar-refractivity contribution in [3.05, 3.63) is 204 Å². The number of para-hydroxylation sites is 3. The monoisotopic (exact) mass is 723 g/mol. The third-order valence-corrected chi connectivity index (χ3v) is 12.4. The molecular formula is C53H45N3. The SMILES string of the molecule is CN(c1ccc(-c2ccc3c(c2)C(C)(C)c2cc(N(c4ccccc4)c4ccccc4)cc4c2N3c2ccccc2C4(C)C)cc1)c1ccc2ccccc2c1. The van der Waals surface area contributed by atoms with E-state index < -0.39 is 0 Å². The quantitative estimate of drug-likeness (QED) is 0.169. The van der Waals surface area contributed by atoms with Gasteiger partial charge in [-0.1, -0.05) is 131 Å². The van der Waals surface area contributed by atoms with Crippen molar-refractivity contribution >= 4 is 56.3 Å². The van der Waals surface area contributed by atoms with Gasteiger partial charge in [0.25, 0.3) is 0 Å². The zero-order valence-corrected chi connectivity index (χ0v) is 32.7. The lowest BCUT2D eigenvalue weighted by Gasteiger charge is -2.50. The third-order valence-electron chi connectivity index (χ3n) is 12.4. The fourth-order valence-electron chi connectivity index (χ4n) is 9.22. The van der Waals surface area contributed by atoms with Crippen molar-refractivity contribution < 1.29 is 0 Å². The molecule has 10 rings (SSSR count). The van der Waals surface area contributed by atoms with Crippen LogP contribution in [0.2, 0.25) is 0 Å². The Labute approximate surface area is 330 Å². The molecule has 0 atom stereocenters. The van der Waals surface area contributed by atoms with Crippen molar-refractivity contribution in [2.24, 2.45) is 0 Å². The van der Waals surface area contributed by atoms with Gasteiger partial charge in [0.15, 0.2) is 0 Å². The molecule has 272 valence electrons. The lowest BCUT2D eigenvalue weighted by molar-refractivity contribution is 0.597. The molecular weight excluding hydrogens is 679 g/mol. The second-order valence-corrected chi connectivity index (χ2v) is 16.4. The molecule has 0 fully saturated rings. The molecule has 8 aromatic rings. The Balaban J connectivity index is 1.11. The number of hydrogen-bond donors (Lipinski definition) is 0. The molecule has 8 aromatic carbocycles. The Kier molecular flexibility index (Phi) is 7.73. The summed E-state index contributed by atoms with van der Waals surface area (Å²) in [7, 11) is 2.15. The van der Waals surface area contributed by atoms with Crippen molar-refractivity contribution in [1.82, 2.24) is 0 Å². The molecule has 2 heterocycles. The van der Waals surface area contributed by atoms with E-state index >= 15 is 0 Å². The normalized spacial score (nSPS) is 14.4. The zero-order valence-electron chi connectivity index (χ0n) is 32.7. The Hall–Kier alpha value is -6.58. The van der Waals surface area contributed by atoms with E-state index in [1.165, 1.54) is 72.6 Å². The molecule has 2 aliphatic rings. The molecule has 0 saturated carbocycles. The lowest BCUT2D eigenvalue weighted by Crippen LogP contribution is -2.38. The van der Waals surface area contributed by atoms with Crippen molar-refractivity contribution in [1.29, 1.82) is 0 Å². The number of rotatable bonds is 6. The van der Waals surface area contributed by atoms with E-state index in [-0.39, 0.29) is 10.8 Å². The molecule has 3 heteroatoms. The summed E-state index contributed by atoms with van der Waals surface area (Å²) < 4.78 is 0. The minimum absolute atomic E-state index is 0.221. The maximum Gasteiger partial charge on any atom is 0.0545 e. The summed E-state index contributed by atoms with van der Waals surface area (Å²) in [5.74, 6) is 0. The Morgan fingerprint density at radius 3 is 1.59 bits per heavy atom. The average molecular weight is 724 g/mol. The summed E-state index contributed by atoms with van der Waals surface area (Å²) >= 11 is 0. The van der Waals surface area contributed by atoms with E-state index in [0.717, 1.165) is 17.1 Å². The topological polar surface area (TPSA) is 9.72 Å². The van der Waals surface area contributed by atoms with Crippen LogP contribution in [-0.2, 0) is 10.8 Å². The summed E-state index contributed by atoms with van der Waals surface area (Å²) in [6, 6.07) is 66.8. The molecule has 0 aliphatic carbocycles. The highest BCUT2D eigenvalue weighted by Crippen LogP contribution is 2.61. The molecule has 56 heavy (non-hydrogen) atoms. The van der Waals surface area contributed by atoms with Crippen LogP contribution in [-0.4, -0.2) is 7.05 Å². The molecule has 0 radical (unpaired) electrons. The molecule has 3 nitrogen and oxygen atoms in total. The second kappa shape index (κ2) is 12.7. The van der Waals surface area contributed by atoms with E-state index in [1.54, 1.807) is 0 Å². The number of hydrogen-bond acceptors (Lipinski definition) is 3. The summed E-state index contributed by atoms with van der Waals surface area (Å²) in [6.07, 6.45) is 0. The van der Waals surface area contributed by atoms with E-state index in [2.05, 4.69) is 231 Å². The molecule has 0 aromatic heterocycles. The van der Waals surface area contributed by atoms with Gasteiger partial charge >= 0.3 is 0 Å². The first-order chi connectivity index (χ1) is 27.2. The van der Waals surface area contributed by atoms with Crippen LogP contribution in [0.15, 0.2) is 182 Å². The van der Waals surface area contributed by atoms with Crippen LogP contribution in [0, 0.1) is 0 Å². The molecule has 0 amide bonds. The zero-order chi connectivity index (χ0) is 38.2. The largest absolute Gasteiger partial charge is 0.345 e. The number of fused-ring (bicyclic) bond motifs is 5. The minimum Gasteiger partial charge on any atom is -0.345 e. The lowest BCUT2D eigenvalue weighted by atomic mass is 9.66. The first kappa shape index (κ1) is 33.9. The maximum atomic E-state index is 2.55. The highest BCUT2D eigenvalue weighted by atomic mass is 15.2. The van der Waals surface area contributed by atoms with E-state index in [0.29, 0.717) is 0 Å². The van der Waals surface area contributed by atoms with E-state index in [9.17, 15) is 0 Å². The van der Waals surface area contributed by atoms with Gasteiger partial charge in [-0.25, -0.2) is 0 Å². The Bertz CT molecular complexity index is 2730. The van der Waals surface area contributed by atoms with Crippen LogP contribution in [0.3, 0.4) is 0 Å². The molecule has 0 bridgehead atoms. The van der Waals surface area contributed by atoms with Gasteiger partial charge in [0.05, 0.1) is 17.1 Å². The standard InChI is InChI=1S/C53H45N3/c1-52(2)45-22-14-15-23-49(45)56-50-31-27-39(37-24-28-40(29-25-37)54(5)43-30-26-36-16-12-13-17-38(36)32-43)33-46(50)53(3,4)48-35-44(34-47(52)51(48)56)55(41-18-8-6-9-19-41)42-20-10-7-11-21-42/h6-35H,1-5H3. The van der Waals surface area contributed by atoms with Gasteiger partial charge in [0.2, 0.25) is 0 Å². The van der Waals surface area contributed by atoms with Gasteiger partial charge < -0.3 is 14.7 Å². The van der Waals surface area contributed by atoms with Crippen molar-refractivity contribution in [2.45, 2.75) is 38.5 Å². The molecule has 0 saturated heterocycles. The minimum atomic E-state index is -0.292. The van der Waals surface area contributed by atoms with Crippen LogP contribution >= 0.6 is 0 Å². The van der Waals surface area contributed by atoms with Gasteiger partial charge in [-0.3, -0.25) is 0 Å².